The lowest BCUT2D eigenvalue weighted by atomic mass is 9.93. The van der Waals surface area contributed by atoms with Gasteiger partial charge < -0.3 is 10.8 Å². The zero-order chi connectivity index (χ0) is 12.1. The third-order valence-electron chi connectivity index (χ3n) is 3.27. The summed E-state index contributed by atoms with van der Waals surface area (Å²) in [5, 5.41) is 9.99. The van der Waals surface area contributed by atoms with Gasteiger partial charge in [-0.1, -0.05) is 38.0 Å². The molecule has 0 heterocycles. The first-order chi connectivity index (χ1) is 7.57. The summed E-state index contributed by atoms with van der Waals surface area (Å²) in [7, 11) is 0. The molecule has 0 aliphatic heterocycles. The molecule has 1 aromatic carbocycles. The van der Waals surface area contributed by atoms with Crippen molar-refractivity contribution in [2.75, 3.05) is 0 Å². The van der Waals surface area contributed by atoms with Crippen molar-refractivity contribution in [3.8, 4) is 0 Å². The van der Waals surface area contributed by atoms with Gasteiger partial charge in [0.25, 0.3) is 0 Å². The number of hydrogen-bond acceptors (Lipinski definition) is 2. The van der Waals surface area contributed by atoms with Crippen LogP contribution in [0.2, 0.25) is 0 Å². The lowest BCUT2D eigenvalue weighted by Crippen LogP contribution is -2.27. The summed E-state index contributed by atoms with van der Waals surface area (Å²) in [6, 6.07) is 5.84. The van der Waals surface area contributed by atoms with Gasteiger partial charge in [0.15, 0.2) is 0 Å². The van der Waals surface area contributed by atoms with E-state index in [2.05, 4.69) is 26.8 Å². The van der Waals surface area contributed by atoms with E-state index in [1.165, 1.54) is 11.1 Å². The summed E-state index contributed by atoms with van der Waals surface area (Å²) in [6.45, 7) is 6.26. The van der Waals surface area contributed by atoms with E-state index >= 15 is 0 Å². The van der Waals surface area contributed by atoms with Gasteiger partial charge >= 0.3 is 0 Å². The number of rotatable bonds is 5. The van der Waals surface area contributed by atoms with Crippen LogP contribution < -0.4 is 5.73 Å². The molecule has 0 bridgehead atoms. The molecule has 90 valence electrons. The average molecular weight is 221 g/mol. The van der Waals surface area contributed by atoms with Gasteiger partial charge in [0.05, 0.1) is 12.1 Å². The molecular weight excluding hydrogens is 198 g/mol. The summed E-state index contributed by atoms with van der Waals surface area (Å²) in [5.41, 5.74) is 9.60. The summed E-state index contributed by atoms with van der Waals surface area (Å²) >= 11 is 0. The zero-order valence-electron chi connectivity index (χ0n) is 10.5. The highest BCUT2D eigenvalue weighted by atomic mass is 16.3. The summed E-state index contributed by atoms with van der Waals surface area (Å²) in [4.78, 5) is 0. The second kappa shape index (κ2) is 6.02. The van der Waals surface area contributed by atoms with Gasteiger partial charge in [-0.3, -0.25) is 0 Å². The smallest absolute Gasteiger partial charge is 0.0732 e. The molecule has 0 saturated heterocycles. The molecule has 0 aliphatic rings. The SMILES string of the molecule is CCCC[C@H](O)[C@H](N)c1cccc(C)c1C. The molecule has 0 aliphatic carbocycles. The molecule has 0 radical (unpaired) electrons. The Kier molecular flexibility index (Phi) is 4.97. The van der Waals surface area contributed by atoms with Gasteiger partial charge in [0.2, 0.25) is 0 Å². The number of aliphatic hydroxyl groups is 1. The van der Waals surface area contributed by atoms with Crippen molar-refractivity contribution in [2.24, 2.45) is 5.73 Å². The molecule has 0 unspecified atom stereocenters. The van der Waals surface area contributed by atoms with Crippen LogP contribution in [0.3, 0.4) is 0 Å². The van der Waals surface area contributed by atoms with E-state index in [-0.39, 0.29) is 6.04 Å². The van der Waals surface area contributed by atoms with E-state index in [4.69, 9.17) is 5.73 Å². The molecule has 0 aromatic heterocycles. The normalized spacial score (nSPS) is 14.8. The minimum absolute atomic E-state index is 0.258. The average Bonchev–Trinajstić information content (AvgIpc) is 2.28. The number of hydrogen-bond donors (Lipinski definition) is 2. The Morgan fingerprint density at radius 2 is 2.00 bits per heavy atom. The van der Waals surface area contributed by atoms with Crippen molar-refractivity contribution in [3.63, 3.8) is 0 Å². The minimum atomic E-state index is -0.430. The maximum absolute atomic E-state index is 9.99. The molecular formula is C14H23NO. The van der Waals surface area contributed by atoms with Crippen molar-refractivity contribution in [3.05, 3.63) is 34.9 Å². The Morgan fingerprint density at radius 3 is 2.62 bits per heavy atom. The fourth-order valence-electron chi connectivity index (χ4n) is 1.93. The molecule has 2 nitrogen and oxygen atoms in total. The van der Waals surface area contributed by atoms with E-state index in [1.807, 2.05) is 12.1 Å². The van der Waals surface area contributed by atoms with E-state index < -0.39 is 6.10 Å². The third kappa shape index (κ3) is 3.06. The highest BCUT2D eigenvalue weighted by molar-refractivity contribution is 5.35. The largest absolute Gasteiger partial charge is 0.391 e. The highest BCUT2D eigenvalue weighted by Gasteiger charge is 2.18. The second-order valence-electron chi connectivity index (χ2n) is 4.52. The Labute approximate surface area is 98.5 Å². The van der Waals surface area contributed by atoms with Crippen molar-refractivity contribution >= 4 is 0 Å². The minimum Gasteiger partial charge on any atom is -0.391 e. The molecule has 2 heteroatoms. The van der Waals surface area contributed by atoms with Gasteiger partial charge in [-0.2, -0.15) is 0 Å². The third-order valence-corrected chi connectivity index (χ3v) is 3.27. The summed E-state index contributed by atoms with van der Waals surface area (Å²) in [6.07, 6.45) is 2.47. The molecule has 0 spiro atoms. The fraction of sp³-hybridized carbons (Fsp3) is 0.571. The predicted octanol–water partition coefficient (Wildman–Crippen LogP) is 2.85. The molecule has 1 aromatic rings. The van der Waals surface area contributed by atoms with Gasteiger partial charge in [-0.25, -0.2) is 0 Å². The number of unbranched alkanes of at least 4 members (excludes halogenated alkanes) is 1. The summed E-state index contributed by atoms with van der Waals surface area (Å²) in [5.74, 6) is 0. The van der Waals surface area contributed by atoms with Crippen LogP contribution >= 0.6 is 0 Å². The van der Waals surface area contributed by atoms with E-state index in [9.17, 15) is 5.11 Å². The lowest BCUT2D eigenvalue weighted by molar-refractivity contribution is 0.132. The number of aliphatic hydroxyl groups excluding tert-OH is 1. The molecule has 0 amide bonds. The summed E-state index contributed by atoms with van der Waals surface area (Å²) < 4.78 is 0. The van der Waals surface area contributed by atoms with Crippen molar-refractivity contribution in [1.82, 2.24) is 0 Å². The van der Waals surface area contributed by atoms with Crippen LogP contribution in [0, 0.1) is 13.8 Å². The topological polar surface area (TPSA) is 46.2 Å². The highest BCUT2D eigenvalue weighted by Crippen LogP contribution is 2.23. The Morgan fingerprint density at radius 1 is 1.31 bits per heavy atom. The van der Waals surface area contributed by atoms with E-state index in [0.29, 0.717) is 0 Å². The first-order valence-corrected chi connectivity index (χ1v) is 6.07. The van der Waals surface area contributed by atoms with Gasteiger partial charge in [0.1, 0.15) is 0 Å². The maximum Gasteiger partial charge on any atom is 0.0732 e. The molecule has 3 N–H and O–H groups in total. The van der Waals surface area contributed by atoms with Crippen LogP contribution in [0.4, 0.5) is 0 Å². The first kappa shape index (κ1) is 13.2. The van der Waals surface area contributed by atoms with Crippen LogP contribution in [0.15, 0.2) is 18.2 Å². The van der Waals surface area contributed by atoms with E-state index in [0.717, 1.165) is 24.8 Å². The standard InChI is InChI=1S/C14H23NO/c1-4-5-9-13(16)14(15)12-8-6-7-10(2)11(12)3/h6-8,13-14,16H,4-5,9,15H2,1-3H3/t13-,14+/m0/s1. The molecule has 16 heavy (non-hydrogen) atoms. The van der Waals surface area contributed by atoms with Crippen LogP contribution in [0.1, 0.15) is 48.9 Å². The number of nitrogens with two attached hydrogens (primary N) is 1. The van der Waals surface area contributed by atoms with Gasteiger partial charge in [-0.15, -0.1) is 0 Å². The van der Waals surface area contributed by atoms with Crippen molar-refractivity contribution in [2.45, 2.75) is 52.2 Å². The predicted molar refractivity (Wildman–Crippen MR) is 68.4 cm³/mol. The number of aryl methyl sites for hydroxylation is 1. The van der Waals surface area contributed by atoms with Gasteiger partial charge in [-0.05, 0) is 37.0 Å². The second-order valence-corrected chi connectivity index (χ2v) is 4.52. The van der Waals surface area contributed by atoms with Crippen LogP contribution in [-0.2, 0) is 0 Å². The Bertz CT molecular complexity index is 336. The molecule has 0 saturated carbocycles. The maximum atomic E-state index is 9.99. The van der Waals surface area contributed by atoms with Crippen LogP contribution in [-0.4, -0.2) is 11.2 Å². The fourth-order valence-corrected chi connectivity index (χ4v) is 1.93. The van der Waals surface area contributed by atoms with Gasteiger partial charge in [0, 0.05) is 0 Å². The Hall–Kier alpha value is -0.860. The quantitative estimate of drug-likeness (QED) is 0.803. The number of benzene rings is 1. The zero-order valence-corrected chi connectivity index (χ0v) is 10.5. The Balaban J connectivity index is 2.79. The van der Waals surface area contributed by atoms with Crippen molar-refractivity contribution in [1.29, 1.82) is 0 Å². The first-order valence-electron chi connectivity index (χ1n) is 6.07. The monoisotopic (exact) mass is 221 g/mol. The molecule has 1 rings (SSSR count). The van der Waals surface area contributed by atoms with Crippen LogP contribution in [0.5, 0.6) is 0 Å². The van der Waals surface area contributed by atoms with Crippen molar-refractivity contribution < 1.29 is 5.11 Å². The van der Waals surface area contributed by atoms with Crippen LogP contribution in [0.25, 0.3) is 0 Å². The van der Waals surface area contributed by atoms with E-state index in [1.54, 1.807) is 0 Å². The molecule has 2 atom stereocenters. The molecule has 0 fully saturated rings. The lowest BCUT2D eigenvalue weighted by Gasteiger charge is -2.21.